The van der Waals surface area contributed by atoms with E-state index in [1.165, 1.54) is 5.06 Å². The number of nitrogens with zero attached hydrogens (tertiary/aromatic N) is 2. The fourth-order valence-electron chi connectivity index (χ4n) is 2.11. The predicted octanol–water partition coefficient (Wildman–Crippen LogP) is 2.17. The van der Waals surface area contributed by atoms with Gasteiger partial charge in [-0.1, -0.05) is 0 Å². The maximum atomic E-state index is 9.95. The first kappa shape index (κ1) is 10.5. The van der Waals surface area contributed by atoms with Gasteiger partial charge in [0.05, 0.1) is 17.5 Å². The topological polar surface area (TPSA) is 47.3 Å². The first-order valence-electron chi connectivity index (χ1n) is 4.71. The van der Waals surface area contributed by atoms with Crippen molar-refractivity contribution >= 4 is 0 Å². The molecule has 74 valence electrons. The van der Waals surface area contributed by atoms with E-state index in [-0.39, 0.29) is 11.5 Å². The minimum Gasteiger partial charge on any atom is -0.313 e. The molecular formula is C10H18N2O. The lowest BCUT2D eigenvalue weighted by Gasteiger charge is -2.50. The Morgan fingerprint density at radius 3 is 2.38 bits per heavy atom. The molecule has 0 aromatic carbocycles. The smallest absolute Gasteiger partial charge is 0.0676 e. The highest BCUT2D eigenvalue weighted by Crippen LogP contribution is 2.39. The van der Waals surface area contributed by atoms with Gasteiger partial charge in [0, 0.05) is 5.54 Å². The minimum absolute atomic E-state index is 0.0782. The largest absolute Gasteiger partial charge is 0.313 e. The number of piperidine rings is 1. The Bertz CT molecular complexity index is 240. The molecule has 0 saturated carbocycles. The molecule has 0 radical (unpaired) electrons. The van der Waals surface area contributed by atoms with Crippen molar-refractivity contribution in [1.82, 2.24) is 5.06 Å². The number of rotatable bonds is 0. The Balaban J connectivity index is 2.94. The van der Waals surface area contributed by atoms with E-state index in [2.05, 4.69) is 6.07 Å². The summed E-state index contributed by atoms with van der Waals surface area (Å²) in [5.41, 5.74) is -0.645. The van der Waals surface area contributed by atoms with Crippen LogP contribution >= 0.6 is 0 Å². The van der Waals surface area contributed by atoms with Crippen molar-refractivity contribution in [3.63, 3.8) is 0 Å². The van der Waals surface area contributed by atoms with Crippen LogP contribution in [0.3, 0.4) is 0 Å². The summed E-state index contributed by atoms with van der Waals surface area (Å²) in [7, 11) is 0. The molecule has 1 fully saturated rings. The molecule has 0 amide bonds. The lowest BCUT2D eigenvalue weighted by atomic mass is 9.75. The summed E-state index contributed by atoms with van der Waals surface area (Å²) in [5.74, 6) is -0.0782. The average Bonchev–Trinajstić information content (AvgIpc) is 2.01. The second-order valence-corrected chi connectivity index (χ2v) is 5.00. The molecular weight excluding hydrogens is 164 g/mol. The third kappa shape index (κ3) is 1.56. The molecule has 3 nitrogen and oxygen atoms in total. The van der Waals surface area contributed by atoms with Crippen LogP contribution in [0.15, 0.2) is 0 Å². The van der Waals surface area contributed by atoms with E-state index in [1.54, 1.807) is 0 Å². The summed E-state index contributed by atoms with van der Waals surface area (Å²) in [6, 6.07) is 2.26. The van der Waals surface area contributed by atoms with Crippen LogP contribution in [0.2, 0.25) is 0 Å². The summed E-state index contributed by atoms with van der Waals surface area (Å²) >= 11 is 0. The van der Waals surface area contributed by atoms with Crippen LogP contribution in [0.5, 0.6) is 0 Å². The van der Waals surface area contributed by atoms with E-state index in [0.717, 1.165) is 12.8 Å². The maximum Gasteiger partial charge on any atom is 0.0676 e. The van der Waals surface area contributed by atoms with Gasteiger partial charge < -0.3 is 5.21 Å². The van der Waals surface area contributed by atoms with Gasteiger partial charge in [-0.3, -0.25) is 0 Å². The van der Waals surface area contributed by atoms with Gasteiger partial charge in [0.1, 0.15) is 0 Å². The molecule has 0 spiro atoms. The SMILES string of the molecule is CC1(C)CCC(C#N)C(C)(C)N1O. The zero-order chi connectivity index (χ0) is 10.3. The fourth-order valence-corrected chi connectivity index (χ4v) is 2.11. The van der Waals surface area contributed by atoms with Crippen LogP contribution in [0.1, 0.15) is 40.5 Å². The minimum atomic E-state index is -0.434. The van der Waals surface area contributed by atoms with Crippen LogP contribution in [-0.4, -0.2) is 21.3 Å². The standard InChI is InChI=1S/C10H18N2O/c1-9(2)6-5-8(7-11)10(3,4)12(9)13/h8,13H,5-6H2,1-4H3. The van der Waals surface area contributed by atoms with Gasteiger partial charge in [0.2, 0.25) is 0 Å². The summed E-state index contributed by atoms with van der Waals surface area (Å²) in [6.45, 7) is 7.84. The van der Waals surface area contributed by atoms with E-state index < -0.39 is 5.54 Å². The van der Waals surface area contributed by atoms with Crippen molar-refractivity contribution in [3.8, 4) is 6.07 Å². The Labute approximate surface area is 79.9 Å². The van der Waals surface area contributed by atoms with E-state index in [9.17, 15) is 5.21 Å². The third-order valence-electron chi connectivity index (χ3n) is 3.17. The molecule has 0 aromatic heterocycles. The summed E-state index contributed by atoms with van der Waals surface area (Å²) in [5, 5.41) is 20.2. The van der Waals surface area contributed by atoms with E-state index in [0.29, 0.717) is 0 Å². The van der Waals surface area contributed by atoms with Gasteiger partial charge in [-0.2, -0.15) is 10.3 Å². The number of nitriles is 1. The highest BCUT2D eigenvalue weighted by molar-refractivity contribution is 5.05. The summed E-state index contributed by atoms with van der Waals surface area (Å²) in [4.78, 5) is 0. The Morgan fingerprint density at radius 2 is 1.92 bits per heavy atom. The molecule has 1 N–H and O–H groups in total. The highest BCUT2D eigenvalue weighted by atomic mass is 16.5. The molecule has 1 atom stereocenters. The van der Waals surface area contributed by atoms with Crippen molar-refractivity contribution in [3.05, 3.63) is 0 Å². The van der Waals surface area contributed by atoms with Crippen molar-refractivity contribution in [2.24, 2.45) is 5.92 Å². The molecule has 1 aliphatic rings. The number of hydrogen-bond donors (Lipinski definition) is 1. The predicted molar refractivity (Wildman–Crippen MR) is 50.1 cm³/mol. The molecule has 0 aromatic rings. The van der Waals surface area contributed by atoms with Crippen LogP contribution in [0, 0.1) is 17.2 Å². The second kappa shape index (κ2) is 2.97. The lowest BCUT2D eigenvalue weighted by molar-refractivity contribution is -0.252. The first-order chi connectivity index (χ1) is 5.82. The van der Waals surface area contributed by atoms with Crippen molar-refractivity contribution in [2.45, 2.75) is 51.6 Å². The van der Waals surface area contributed by atoms with Crippen molar-refractivity contribution in [1.29, 1.82) is 5.26 Å². The molecule has 1 aliphatic heterocycles. The summed E-state index contributed by atoms with van der Waals surface area (Å²) < 4.78 is 0. The highest BCUT2D eigenvalue weighted by Gasteiger charge is 2.46. The van der Waals surface area contributed by atoms with Gasteiger partial charge in [-0.05, 0) is 40.5 Å². The van der Waals surface area contributed by atoms with E-state index in [1.807, 2.05) is 27.7 Å². The Kier molecular flexibility index (Phi) is 2.40. The van der Waals surface area contributed by atoms with E-state index >= 15 is 0 Å². The average molecular weight is 182 g/mol. The Morgan fingerprint density at radius 1 is 1.38 bits per heavy atom. The Hall–Kier alpha value is -0.590. The third-order valence-corrected chi connectivity index (χ3v) is 3.17. The molecule has 1 rings (SSSR count). The second-order valence-electron chi connectivity index (χ2n) is 5.00. The number of hydrogen-bond acceptors (Lipinski definition) is 3. The normalized spacial score (nSPS) is 32.5. The first-order valence-corrected chi connectivity index (χ1v) is 4.71. The quantitative estimate of drug-likeness (QED) is 0.624. The summed E-state index contributed by atoms with van der Waals surface area (Å²) in [6.07, 6.45) is 1.73. The molecule has 13 heavy (non-hydrogen) atoms. The molecule has 1 unspecified atom stereocenters. The molecule has 3 heteroatoms. The van der Waals surface area contributed by atoms with Gasteiger partial charge >= 0.3 is 0 Å². The maximum absolute atomic E-state index is 9.95. The van der Waals surface area contributed by atoms with Gasteiger partial charge in [-0.25, -0.2) is 0 Å². The fraction of sp³-hybridized carbons (Fsp3) is 0.900. The van der Waals surface area contributed by atoms with E-state index in [4.69, 9.17) is 5.26 Å². The van der Waals surface area contributed by atoms with Crippen molar-refractivity contribution in [2.75, 3.05) is 0 Å². The van der Waals surface area contributed by atoms with Crippen LogP contribution < -0.4 is 0 Å². The lowest BCUT2D eigenvalue weighted by Crippen LogP contribution is -2.60. The van der Waals surface area contributed by atoms with Gasteiger partial charge in [-0.15, -0.1) is 0 Å². The number of hydroxylamine groups is 2. The zero-order valence-electron chi connectivity index (χ0n) is 8.83. The molecule has 0 bridgehead atoms. The molecule has 0 aliphatic carbocycles. The van der Waals surface area contributed by atoms with Crippen LogP contribution in [-0.2, 0) is 0 Å². The van der Waals surface area contributed by atoms with Crippen LogP contribution in [0.4, 0.5) is 0 Å². The zero-order valence-corrected chi connectivity index (χ0v) is 8.83. The van der Waals surface area contributed by atoms with Crippen LogP contribution in [0.25, 0.3) is 0 Å². The van der Waals surface area contributed by atoms with Gasteiger partial charge in [0.15, 0.2) is 0 Å². The monoisotopic (exact) mass is 182 g/mol. The van der Waals surface area contributed by atoms with Gasteiger partial charge in [0.25, 0.3) is 0 Å². The van der Waals surface area contributed by atoms with Crippen molar-refractivity contribution < 1.29 is 5.21 Å². The molecule has 1 saturated heterocycles. The molecule has 1 heterocycles.